The molecule has 0 aliphatic heterocycles. The topological polar surface area (TPSA) is 168 Å². The summed E-state index contributed by atoms with van der Waals surface area (Å²) in [4.78, 5) is 53.3. The molecule has 0 spiro atoms. The number of nitrogens with zero attached hydrogens (tertiary/aromatic N) is 3. The number of carbonyl (C=O) groups is 3. The Morgan fingerprint density at radius 3 is 1.70 bits per heavy atom. The number of nitrogens with one attached hydrogen (secondary N) is 2. The molecular weight excluding hydrogens is 721 g/mol. The molecule has 12 nitrogen and oxygen atoms in total. The van der Waals surface area contributed by atoms with Crippen LogP contribution in [0, 0.1) is 35.5 Å². The smallest absolute Gasteiger partial charge is 0.345 e. The Morgan fingerprint density at radius 2 is 1.23 bits per heavy atom. The van der Waals surface area contributed by atoms with Crippen molar-refractivity contribution < 1.29 is 28.6 Å². The Hall–Kier alpha value is -5.00. The van der Waals surface area contributed by atoms with Gasteiger partial charge in [-0.15, -0.1) is 0 Å². The lowest BCUT2D eigenvalue weighted by Crippen LogP contribution is -2.39. The number of hydrogen-bond donors (Lipinski definition) is 3. The first kappa shape index (κ1) is 43.1. The number of benzene rings is 2. The van der Waals surface area contributed by atoms with Crippen LogP contribution in [0.5, 0.6) is 0 Å². The molecule has 57 heavy (non-hydrogen) atoms. The molecule has 0 amide bonds. The predicted octanol–water partition coefficient (Wildman–Crippen LogP) is 9.68. The Labute approximate surface area is 338 Å². The number of ether oxygens (including phenoxy) is 3. The average molecular weight is 783 g/mol. The van der Waals surface area contributed by atoms with Gasteiger partial charge in [0, 0.05) is 11.4 Å². The number of unbranched alkanes of at least 4 members (excludes halogenated alkanes) is 2. The monoisotopic (exact) mass is 782 g/mol. The summed E-state index contributed by atoms with van der Waals surface area (Å²) in [7, 11) is 0. The van der Waals surface area contributed by atoms with Crippen LogP contribution in [0.3, 0.4) is 0 Å². The van der Waals surface area contributed by atoms with Gasteiger partial charge in [-0.05, 0) is 116 Å². The van der Waals surface area contributed by atoms with Crippen LogP contribution >= 0.6 is 0 Å². The Kier molecular flexibility index (Phi) is 15.5. The summed E-state index contributed by atoms with van der Waals surface area (Å²) in [6.07, 6.45) is 9.65. The van der Waals surface area contributed by atoms with Gasteiger partial charge < -0.3 is 30.6 Å². The van der Waals surface area contributed by atoms with Crippen LogP contribution in [0.1, 0.15) is 122 Å². The molecule has 1 heterocycles. The number of nitrogen functional groups attached to an aromatic ring is 1. The first-order valence-electron chi connectivity index (χ1n) is 20.9. The molecule has 12 heteroatoms. The molecule has 2 fully saturated rings. The normalized spacial score (nSPS) is 22.1. The van der Waals surface area contributed by atoms with Gasteiger partial charge in [0.05, 0.1) is 12.2 Å². The molecule has 3 aromatic rings. The van der Waals surface area contributed by atoms with Crippen LogP contribution in [0.4, 0.5) is 29.2 Å². The largest absolute Gasteiger partial charge is 0.462 e. The number of anilines is 5. The van der Waals surface area contributed by atoms with Gasteiger partial charge in [-0.3, -0.25) is 0 Å². The minimum absolute atomic E-state index is 0.00243. The van der Waals surface area contributed by atoms with Crippen molar-refractivity contribution in [3.05, 3.63) is 65.2 Å². The zero-order valence-electron chi connectivity index (χ0n) is 34.8. The van der Waals surface area contributed by atoms with E-state index in [2.05, 4.69) is 74.1 Å². The molecule has 308 valence electrons. The molecule has 1 aromatic heterocycles. The van der Waals surface area contributed by atoms with E-state index in [0.29, 0.717) is 52.8 Å². The quantitative estimate of drug-likeness (QED) is 0.0315. The average Bonchev–Trinajstić information content (AvgIpc) is 3.16. The van der Waals surface area contributed by atoms with Crippen molar-refractivity contribution in [3.8, 4) is 0 Å². The highest BCUT2D eigenvalue weighted by Gasteiger charge is 2.38. The molecule has 0 radical (unpaired) electrons. The van der Waals surface area contributed by atoms with Crippen LogP contribution in [-0.2, 0) is 23.8 Å². The number of carbonyl (C=O) groups excluding carboxylic acids is 3. The summed E-state index contributed by atoms with van der Waals surface area (Å²) in [5.74, 6) is 0.784. The highest BCUT2D eigenvalue weighted by Crippen LogP contribution is 2.38. The van der Waals surface area contributed by atoms with E-state index in [1.165, 1.54) is 0 Å². The van der Waals surface area contributed by atoms with E-state index in [1.54, 1.807) is 54.6 Å². The molecule has 2 aliphatic rings. The van der Waals surface area contributed by atoms with Gasteiger partial charge in [0.25, 0.3) is 0 Å². The van der Waals surface area contributed by atoms with Gasteiger partial charge in [-0.2, -0.15) is 15.0 Å². The zero-order chi connectivity index (χ0) is 41.1. The van der Waals surface area contributed by atoms with Crippen LogP contribution < -0.4 is 16.4 Å². The number of esters is 3. The van der Waals surface area contributed by atoms with E-state index in [0.717, 1.165) is 57.8 Å². The third kappa shape index (κ3) is 12.5. The molecule has 6 atom stereocenters. The Bertz CT molecular complexity index is 1780. The number of aromatic nitrogens is 3. The van der Waals surface area contributed by atoms with E-state index < -0.39 is 11.9 Å². The van der Waals surface area contributed by atoms with Gasteiger partial charge in [0.2, 0.25) is 17.8 Å². The van der Waals surface area contributed by atoms with Gasteiger partial charge in [-0.1, -0.05) is 86.3 Å². The number of rotatable bonds is 16. The summed E-state index contributed by atoms with van der Waals surface area (Å²) in [6, 6.07) is 14.0. The fraction of sp³-hybridized carbons (Fsp3) is 0.556. The second-order valence-electron chi connectivity index (χ2n) is 16.7. The predicted molar refractivity (Wildman–Crippen MR) is 224 cm³/mol. The molecular formula is C45H62N6O6. The van der Waals surface area contributed by atoms with Crippen LogP contribution in [0.2, 0.25) is 0 Å². The SMILES string of the molecule is CCCCCOC(=O)c1ccc(Nc2nc(N)nc(Nc3ccc(C=C(C(=O)OC4CC(C)CCC4C(C)C)C(=O)OC4CC(C)CCC4C(C)C)cc3)n2)cc1. The third-order valence-corrected chi connectivity index (χ3v) is 11.4. The molecule has 5 rings (SSSR count). The maximum absolute atomic E-state index is 14.0. The minimum Gasteiger partial charge on any atom is -0.462 e. The maximum atomic E-state index is 14.0. The van der Waals surface area contributed by atoms with E-state index in [4.69, 9.17) is 19.9 Å². The van der Waals surface area contributed by atoms with Gasteiger partial charge >= 0.3 is 17.9 Å². The van der Waals surface area contributed by atoms with Gasteiger partial charge in [-0.25, -0.2) is 14.4 Å². The van der Waals surface area contributed by atoms with Crippen molar-refractivity contribution in [2.75, 3.05) is 23.0 Å². The van der Waals surface area contributed by atoms with E-state index in [-0.39, 0.29) is 53.4 Å². The van der Waals surface area contributed by atoms with Gasteiger partial charge in [0.1, 0.15) is 17.8 Å². The van der Waals surface area contributed by atoms with Crippen molar-refractivity contribution in [3.63, 3.8) is 0 Å². The minimum atomic E-state index is -0.644. The summed E-state index contributed by atoms with van der Waals surface area (Å²) in [5, 5.41) is 6.25. The highest BCUT2D eigenvalue weighted by atomic mass is 16.6. The van der Waals surface area contributed by atoms with Crippen LogP contribution in [0.15, 0.2) is 54.1 Å². The molecule has 0 saturated heterocycles. The van der Waals surface area contributed by atoms with E-state index in [1.807, 2.05) is 0 Å². The zero-order valence-corrected chi connectivity index (χ0v) is 34.8. The lowest BCUT2D eigenvalue weighted by molar-refractivity contribution is -0.159. The summed E-state index contributed by atoms with van der Waals surface area (Å²) < 4.78 is 17.7. The summed E-state index contributed by atoms with van der Waals surface area (Å²) >= 11 is 0. The van der Waals surface area contributed by atoms with E-state index >= 15 is 0 Å². The standard InChI is InChI=1S/C45H62N6O6/c1-8-9-10-23-55-40(52)32-15-19-34(20-16-32)48-45-50-43(46)49-44(51-45)47-33-17-13-31(14-18-33)26-37(41(53)56-38-24-29(6)11-21-35(38)27(2)3)42(54)57-39-25-30(7)12-22-36(39)28(4)5/h13-20,26-30,35-36,38-39H,8-12,21-25H2,1-7H3,(H4,46,47,48,49,50,51). The molecule has 6 unspecified atom stereocenters. The Morgan fingerprint density at radius 1 is 0.737 bits per heavy atom. The molecule has 2 aliphatic carbocycles. The van der Waals surface area contributed by atoms with Crippen molar-refractivity contribution in [2.24, 2.45) is 35.5 Å². The fourth-order valence-electron chi connectivity index (χ4n) is 7.99. The lowest BCUT2D eigenvalue weighted by Gasteiger charge is -2.37. The van der Waals surface area contributed by atoms with Crippen molar-refractivity contribution in [2.45, 2.75) is 118 Å². The molecule has 2 aromatic carbocycles. The highest BCUT2D eigenvalue weighted by molar-refractivity contribution is 6.17. The summed E-state index contributed by atoms with van der Waals surface area (Å²) in [5.41, 5.74) is 8.30. The van der Waals surface area contributed by atoms with Gasteiger partial charge in [0.15, 0.2) is 0 Å². The number of nitrogens with two attached hydrogens (primary N) is 1. The fourth-order valence-corrected chi connectivity index (χ4v) is 7.99. The third-order valence-electron chi connectivity index (χ3n) is 11.4. The molecule has 0 bridgehead atoms. The van der Waals surface area contributed by atoms with Crippen molar-refractivity contribution in [1.82, 2.24) is 15.0 Å². The first-order valence-corrected chi connectivity index (χ1v) is 20.9. The molecule has 2 saturated carbocycles. The van der Waals surface area contributed by atoms with Crippen molar-refractivity contribution >= 4 is 53.2 Å². The summed E-state index contributed by atoms with van der Waals surface area (Å²) in [6.45, 7) is 15.5. The van der Waals surface area contributed by atoms with Crippen LogP contribution in [0.25, 0.3) is 6.08 Å². The first-order chi connectivity index (χ1) is 27.3. The maximum Gasteiger partial charge on any atom is 0.345 e. The number of hydrogen-bond acceptors (Lipinski definition) is 12. The second-order valence-corrected chi connectivity index (χ2v) is 16.7. The van der Waals surface area contributed by atoms with Crippen LogP contribution in [-0.4, -0.2) is 51.7 Å². The second kappa shape index (κ2) is 20.4. The van der Waals surface area contributed by atoms with Crippen molar-refractivity contribution in [1.29, 1.82) is 0 Å². The molecule has 4 N–H and O–H groups in total. The lowest BCUT2D eigenvalue weighted by atomic mass is 9.75. The Balaban J connectivity index is 1.31. The van der Waals surface area contributed by atoms with E-state index in [9.17, 15) is 14.4 Å².